The fourth-order valence-electron chi connectivity index (χ4n) is 5.54. The van der Waals surface area contributed by atoms with Crippen molar-refractivity contribution in [1.29, 1.82) is 0 Å². The van der Waals surface area contributed by atoms with Crippen molar-refractivity contribution in [3.63, 3.8) is 0 Å². The molecule has 6 unspecified atom stereocenters. The molecule has 4 aliphatic heterocycles. The largest absolute Gasteiger partial charge is 0.385 e. The summed E-state index contributed by atoms with van der Waals surface area (Å²) in [7, 11) is 0. The summed E-state index contributed by atoms with van der Waals surface area (Å²) in [6.45, 7) is -27.6. The van der Waals surface area contributed by atoms with Crippen molar-refractivity contribution in [2.75, 3.05) is 106 Å². The summed E-state index contributed by atoms with van der Waals surface area (Å²) in [5, 5.41) is 0. The van der Waals surface area contributed by atoms with E-state index in [9.17, 15) is 26.3 Å². The van der Waals surface area contributed by atoms with Crippen LogP contribution < -0.4 is 0 Å². The number of epoxide rings is 4. The average Bonchev–Trinajstić information content (AvgIpc) is 4.03. The zero-order valence-electron chi connectivity index (χ0n) is 36.8. The topological polar surface area (TPSA) is 152 Å². The van der Waals surface area contributed by atoms with Crippen molar-refractivity contribution in [1.82, 2.24) is 0 Å². The maximum absolute atomic E-state index is 16.9. The Balaban J connectivity index is 1.90. The zero-order valence-corrected chi connectivity index (χ0v) is 36.8. The first-order chi connectivity index (χ1) is 33.4. The Morgan fingerprint density at radius 2 is 0.822 bits per heavy atom. The van der Waals surface area contributed by atoms with E-state index in [0.717, 1.165) is 0 Å². The van der Waals surface area contributed by atoms with Crippen LogP contribution in [0.1, 0.15) is 19.3 Å². The Labute approximate surface area is 396 Å². The molecule has 0 aromatic rings. The van der Waals surface area contributed by atoms with Crippen molar-refractivity contribution in [3.8, 4) is 0 Å². The number of halogens is 22. The standard InChI is InChI=1S/C36H44F22O15/c37-22(38)11-61-15-26(16-69-29(43,44)1-4-59-7-20-9-64-20,32(49,50)71-30(45,46)2-5-60-8-21-10-65-21)33(51,52)73-36(57,58)28(19-62-12-23(39)40,34(53,54)70-18-27(41,42)17-68-25-14-67-25)35(55,56)72-31(47,48)3-6-63-24-13-66-24/h20-25H,1-19H2. The Kier molecular flexibility index (Phi) is 21.4. The molecule has 0 aromatic heterocycles. The van der Waals surface area contributed by atoms with Crippen molar-refractivity contribution in [2.45, 2.75) is 112 Å². The van der Waals surface area contributed by atoms with Crippen LogP contribution in [0.2, 0.25) is 0 Å². The number of ether oxygens (including phenoxy) is 15. The van der Waals surface area contributed by atoms with Crippen molar-refractivity contribution < 1.29 is 168 Å². The first kappa shape index (κ1) is 63.4. The number of hydrogen-bond acceptors (Lipinski definition) is 15. The molecule has 0 spiro atoms. The van der Waals surface area contributed by atoms with Crippen LogP contribution in [-0.4, -0.2) is 198 Å². The lowest BCUT2D eigenvalue weighted by Crippen LogP contribution is -2.72. The highest BCUT2D eigenvalue weighted by Gasteiger charge is 2.87. The average molecular weight is 1130 g/mol. The van der Waals surface area contributed by atoms with E-state index in [1.54, 1.807) is 0 Å². The molecule has 0 aromatic carbocycles. The molecule has 0 aliphatic carbocycles. The van der Waals surface area contributed by atoms with E-state index in [1.807, 2.05) is 0 Å². The molecule has 432 valence electrons. The molecule has 15 nitrogen and oxygen atoms in total. The molecular formula is C36H44F22O15. The SMILES string of the molecule is FC(F)COCC(COC(F)(F)CCOCC1CO1)(C(F)(F)OC(F)(F)CCOCC1CO1)C(F)(F)OC(F)(F)C(COCC(F)F)(C(F)(F)OCC(F)(F)COC1CO1)C(F)(F)OC(F)(F)CCOC1CO1. The molecule has 4 heterocycles. The van der Waals surface area contributed by atoms with E-state index in [2.05, 4.69) is 61.6 Å². The maximum atomic E-state index is 16.9. The lowest BCUT2D eigenvalue weighted by molar-refractivity contribution is -0.562. The van der Waals surface area contributed by atoms with Crippen LogP contribution in [0.4, 0.5) is 96.6 Å². The van der Waals surface area contributed by atoms with Crippen LogP contribution in [0.15, 0.2) is 0 Å². The molecular weight excluding hydrogens is 1090 g/mol. The second-order valence-corrected chi connectivity index (χ2v) is 16.1. The third-order valence-corrected chi connectivity index (χ3v) is 9.84. The van der Waals surface area contributed by atoms with Gasteiger partial charge in [-0.3, -0.25) is 14.2 Å². The molecule has 0 N–H and O–H groups in total. The van der Waals surface area contributed by atoms with Crippen molar-refractivity contribution in [2.24, 2.45) is 10.8 Å². The van der Waals surface area contributed by atoms with Crippen molar-refractivity contribution >= 4 is 0 Å². The summed E-state index contributed by atoms with van der Waals surface area (Å²) in [6.07, 6.45) is -73.6. The second-order valence-electron chi connectivity index (χ2n) is 16.1. The monoisotopic (exact) mass is 1130 g/mol. The van der Waals surface area contributed by atoms with Crippen molar-refractivity contribution in [3.05, 3.63) is 0 Å². The molecule has 0 radical (unpaired) electrons. The van der Waals surface area contributed by atoms with E-state index < -0.39 is 208 Å². The summed E-state index contributed by atoms with van der Waals surface area (Å²) < 4.78 is 399. The lowest BCUT2D eigenvalue weighted by Gasteiger charge is -2.50. The van der Waals surface area contributed by atoms with Gasteiger partial charge in [0.15, 0.2) is 18.0 Å². The molecule has 73 heavy (non-hydrogen) atoms. The lowest BCUT2D eigenvalue weighted by atomic mass is 9.82. The molecule has 4 fully saturated rings. The minimum atomic E-state index is -8.03. The summed E-state index contributed by atoms with van der Waals surface area (Å²) in [4.78, 5) is 0. The quantitative estimate of drug-likeness (QED) is 0.0333. The fraction of sp³-hybridized carbons (Fsp3) is 1.00. The highest BCUT2D eigenvalue weighted by atomic mass is 19.3. The van der Waals surface area contributed by atoms with Crippen LogP contribution >= 0.6 is 0 Å². The van der Waals surface area contributed by atoms with Gasteiger partial charge in [-0.25, -0.2) is 26.3 Å². The van der Waals surface area contributed by atoms with E-state index >= 15 is 70.2 Å². The van der Waals surface area contributed by atoms with Gasteiger partial charge in [-0.1, -0.05) is 0 Å². The Morgan fingerprint density at radius 3 is 1.30 bits per heavy atom. The molecule has 0 amide bonds. The predicted molar refractivity (Wildman–Crippen MR) is 185 cm³/mol. The first-order valence-electron chi connectivity index (χ1n) is 20.8. The molecule has 0 saturated carbocycles. The Hall–Kier alpha value is -2.14. The Morgan fingerprint density at radius 1 is 0.397 bits per heavy atom. The van der Waals surface area contributed by atoms with Gasteiger partial charge in [-0.05, 0) is 0 Å². The minimum Gasteiger partial charge on any atom is -0.378 e. The number of hydrogen-bond donors (Lipinski definition) is 0. The van der Waals surface area contributed by atoms with Crippen LogP contribution in [-0.2, 0) is 71.1 Å². The van der Waals surface area contributed by atoms with Gasteiger partial charge >= 0.3 is 48.9 Å². The van der Waals surface area contributed by atoms with E-state index in [0.29, 0.717) is 0 Å². The molecule has 4 aliphatic rings. The van der Waals surface area contributed by atoms with Gasteiger partial charge in [0.05, 0.1) is 85.3 Å². The minimum absolute atomic E-state index is 0.0154. The third kappa shape index (κ3) is 19.1. The van der Waals surface area contributed by atoms with Gasteiger partial charge in [0.25, 0.3) is 24.2 Å². The summed E-state index contributed by atoms with van der Waals surface area (Å²) in [5.74, 6) is -5.05. The molecule has 4 rings (SSSR count). The van der Waals surface area contributed by atoms with Gasteiger partial charge in [0.2, 0.25) is 0 Å². The zero-order chi connectivity index (χ0) is 55.0. The second kappa shape index (κ2) is 24.7. The van der Waals surface area contributed by atoms with E-state index in [-0.39, 0.29) is 19.8 Å². The van der Waals surface area contributed by atoms with Gasteiger partial charge in [0.1, 0.15) is 51.8 Å². The number of rotatable bonds is 42. The van der Waals surface area contributed by atoms with Gasteiger partial charge < -0.3 is 56.8 Å². The summed E-state index contributed by atoms with van der Waals surface area (Å²) in [5.41, 5.74) is -13.6. The molecule has 0 bridgehead atoms. The molecule has 37 heteroatoms. The maximum Gasteiger partial charge on any atom is 0.385 e. The van der Waals surface area contributed by atoms with Crippen LogP contribution in [0, 0.1) is 10.8 Å². The van der Waals surface area contributed by atoms with E-state index in [4.69, 9.17) is 9.47 Å². The van der Waals surface area contributed by atoms with Crippen LogP contribution in [0.25, 0.3) is 0 Å². The first-order valence-corrected chi connectivity index (χ1v) is 20.8. The third-order valence-electron chi connectivity index (χ3n) is 9.84. The predicted octanol–water partition coefficient (Wildman–Crippen LogP) is 7.73. The summed E-state index contributed by atoms with van der Waals surface area (Å²) in [6, 6.07) is 0. The normalized spacial score (nSPS) is 23.0. The smallest absolute Gasteiger partial charge is 0.378 e. The number of alkyl halides is 22. The van der Waals surface area contributed by atoms with Gasteiger partial charge in [0, 0.05) is 0 Å². The summed E-state index contributed by atoms with van der Waals surface area (Å²) >= 11 is 0. The van der Waals surface area contributed by atoms with E-state index in [1.165, 1.54) is 0 Å². The van der Waals surface area contributed by atoms with Gasteiger partial charge in [-0.2, -0.15) is 70.2 Å². The molecule has 6 atom stereocenters. The molecule has 4 saturated heterocycles. The highest BCUT2D eigenvalue weighted by molar-refractivity contribution is 5.05. The van der Waals surface area contributed by atoms with Crippen LogP contribution in [0.3, 0.4) is 0 Å². The highest BCUT2D eigenvalue weighted by Crippen LogP contribution is 2.64. The van der Waals surface area contributed by atoms with Gasteiger partial charge in [-0.15, -0.1) is 0 Å². The Bertz CT molecular complexity index is 1680. The fourth-order valence-corrected chi connectivity index (χ4v) is 5.54. The van der Waals surface area contributed by atoms with Crippen LogP contribution in [0.5, 0.6) is 0 Å².